The summed E-state index contributed by atoms with van der Waals surface area (Å²) >= 11 is 0. The Balaban J connectivity index is 2.10. The van der Waals surface area contributed by atoms with E-state index >= 15 is 0 Å². The molecule has 1 N–H and O–H groups in total. The standard InChI is InChI=1S/C14H22N2O3/c1-11-6-5-8-15(10-11)14(19)16-9-4-2-3-7-12(16)13(17)18/h6,12H,2-5,7-10H2,1H3,(H,17,18). The molecule has 2 rings (SSSR count). The second kappa shape index (κ2) is 6.08. The quantitative estimate of drug-likeness (QED) is 0.739. The molecule has 1 atom stereocenters. The van der Waals surface area contributed by atoms with Crippen LogP contribution in [0.5, 0.6) is 0 Å². The molecule has 1 unspecified atom stereocenters. The van der Waals surface area contributed by atoms with Crippen LogP contribution in [-0.4, -0.2) is 52.6 Å². The number of hydrogen-bond acceptors (Lipinski definition) is 2. The fourth-order valence-electron chi connectivity index (χ4n) is 2.85. The molecular formula is C14H22N2O3. The van der Waals surface area contributed by atoms with Gasteiger partial charge in [-0.15, -0.1) is 0 Å². The van der Waals surface area contributed by atoms with Gasteiger partial charge in [0.2, 0.25) is 0 Å². The smallest absolute Gasteiger partial charge is 0.326 e. The van der Waals surface area contributed by atoms with Crippen molar-refractivity contribution in [2.24, 2.45) is 0 Å². The lowest BCUT2D eigenvalue weighted by molar-refractivity contribution is -0.142. The highest BCUT2D eigenvalue weighted by Crippen LogP contribution is 2.20. The van der Waals surface area contributed by atoms with Gasteiger partial charge >= 0.3 is 12.0 Å². The fraction of sp³-hybridized carbons (Fsp3) is 0.714. The highest BCUT2D eigenvalue weighted by molar-refractivity contribution is 5.83. The normalized spacial score (nSPS) is 24.7. The first kappa shape index (κ1) is 13.9. The number of carbonyl (C=O) groups is 2. The number of nitrogens with zero attached hydrogens (tertiary/aromatic N) is 2. The van der Waals surface area contributed by atoms with Crippen LogP contribution in [0.25, 0.3) is 0 Å². The highest BCUT2D eigenvalue weighted by atomic mass is 16.4. The number of likely N-dealkylation sites (tertiary alicyclic amines) is 1. The molecule has 2 amide bonds. The van der Waals surface area contributed by atoms with Crippen molar-refractivity contribution in [3.05, 3.63) is 11.6 Å². The zero-order valence-electron chi connectivity index (χ0n) is 11.5. The summed E-state index contributed by atoms with van der Waals surface area (Å²) in [7, 11) is 0. The molecule has 0 aromatic heterocycles. The third kappa shape index (κ3) is 3.28. The number of hydrogen-bond donors (Lipinski definition) is 1. The maximum atomic E-state index is 12.5. The number of rotatable bonds is 1. The van der Waals surface area contributed by atoms with E-state index in [1.165, 1.54) is 5.57 Å². The van der Waals surface area contributed by atoms with Crippen molar-refractivity contribution in [2.75, 3.05) is 19.6 Å². The number of urea groups is 1. The summed E-state index contributed by atoms with van der Waals surface area (Å²) in [6.45, 7) is 3.90. The number of carboxylic acids is 1. The highest BCUT2D eigenvalue weighted by Gasteiger charge is 2.33. The van der Waals surface area contributed by atoms with E-state index in [0.717, 1.165) is 25.7 Å². The fourth-order valence-corrected chi connectivity index (χ4v) is 2.85. The Morgan fingerprint density at radius 3 is 2.74 bits per heavy atom. The van der Waals surface area contributed by atoms with Crippen molar-refractivity contribution in [1.82, 2.24) is 9.80 Å². The Hall–Kier alpha value is -1.52. The summed E-state index contributed by atoms with van der Waals surface area (Å²) in [5.41, 5.74) is 1.18. The van der Waals surface area contributed by atoms with E-state index in [-0.39, 0.29) is 6.03 Å². The van der Waals surface area contributed by atoms with Crippen LogP contribution in [0.15, 0.2) is 11.6 Å². The average molecular weight is 266 g/mol. The van der Waals surface area contributed by atoms with Gasteiger partial charge in [0.15, 0.2) is 0 Å². The molecule has 0 aromatic rings. The van der Waals surface area contributed by atoms with Gasteiger partial charge in [-0.3, -0.25) is 0 Å². The second-order valence-corrected chi connectivity index (χ2v) is 5.44. The van der Waals surface area contributed by atoms with E-state index in [2.05, 4.69) is 6.08 Å². The Morgan fingerprint density at radius 1 is 1.26 bits per heavy atom. The lowest BCUT2D eigenvalue weighted by atomic mass is 10.1. The van der Waals surface area contributed by atoms with E-state index in [9.17, 15) is 14.7 Å². The minimum Gasteiger partial charge on any atom is -0.480 e. The van der Waals surface area contributed by atoms with Crippen LogP contribution in [0.2, 0.25) is 0 Å². The largest absolute Gasteiger partial charge is 0.480 e. The van der Waals surface area contributed by atoms with E-state index in [1.807, 2.05) is 6.92 Å². The van der Waals surface area contributed by atoms with Crippen molar-refractivity contribution in [1.29, 1.82) is 0 Å². The molecule has 5 nitrogen and oxygen atoms in total. The van der Waals surface area contributed by atoms with Gasteiger partial charge in [0.1, 0.15) is 6.04 Å². The molecule has 19 heavy (non-hydrogen) atoms. The van der Waals surface area contributed by atoms with E-state index in [4.69, 9.17) is 0 Å². The molecule has 1 saturated heterocycles. The first-order chi connectivity index (χ1) is 9.09. The molecule has 0 spiro atoms. The SMILES string of the molecule is CC1=CCCN(C(=O)N2CCCCCC2C(=O)O)C1. The molecule has 5 heteroatoms. The predicted octanol–water partition coefficient (Wildman–Crippen LogP) is 2.09. The summed E-state index contributed by atoms with van der Waals surface area (Å²) in [6, 6.07) is -0.761. The summed E-state index contributed by atoms with van der Waals surface area (Å²) in [5.74, 6) is -0.875. The molecule has 0 saturated carbocycles. The van der Waals surface area contributed by atoms with Gasteiger partial charge in [-0.25, -0.2) is 9.59 Å². The van der Waals surface area contributed by atoms with E-state index < -0.39 is 12.0 Å². The van der Waals surface area contributed by atoms with Gasteiger partial charge in [0.05, 0.1) is 0 Å². The van der Waals surface area contributed by atoms with Gasteiger partial charge in [0, 0.05) is 19.6 Å². The van der Waals surface area contributed by atoms with Crippen LogP contribution in [0.4, 0.5) is 4.79 Å². The average Bonchev–Trinajstić information content (AvgIpc) is 2.63. The molecule has 0 aliphatic carbocycles. The zero-order chi connectivity index (χ0) is 13.8. The van der Waals surface area contributed by atoms with Crippen molar-refractivity contribution < 1.29 is 14.7 Å². The van der Waals surface area contributed by atoms with Crippen molar-refractivity contribution in [3.8, 4) is 0 Å². The molecule has 0 aromatic carbocycles. The summed E-state index contributed by atoms with van der Waals surface area (Å²) < 4.78 is 0. The summed E-state index contributed by atoms with van der Waals surface area (Å²) in [4.78, 5) is 27.2. The van der Waals surface area contributed by atoms with Gasteiger partial charge < -0.3 is 14.9 Å². The molecule has 0 radical (unpaired) electrons. The topological polar surface area (TPSA) is 60.9 Å². The van der Waals surface area contributed by atoms with Crippen molar-refractivity contribution in [3.63, 3.8) is 0 Å². The zero-order valence-corrected chi connectivity index (χ0v) is 11.5. The summed E-state index contributed by atoms with van der Waals surface area (Å²) in [6.07, 6.45) is 6.37. The number of aliphatic carboxylic acids is 1. The first-order valence-corrected chi connectivity index (χ1v) is 7.03. The van der Waals surface area contributed by atoms with E-state index in [0.29, 0.717) is 26.1 Å². The first-order valence-electron chi connectivity index (χ1n) is 7.03. The molecule has 106 valence electrons. The van der Waals surface area contributed by atoms with Crippen LogP contribution >= 0.6 is 0 Å². The van der Waals surface area contributed by atoms with Gasteiger partial charge in [-0.1, -0.05) is 24.5 Å². The molecule has 2 aliphatic heterocycles. The van der Waals surface area contributed by atoms with Crippen LogP contribution in [0, 0.1) is 0 Å². The Kier molecular flexibility index (Phi) is 4.45. The minimum absolute atomic E-state index is 0.109. The lowest BCUT2D eigenvalue weighted by Crippen LogP contribution is -2.51. The minimum atomic E-state index is -0.875. The molecule has 0 bridgehead atoms. The van der Waals surface area contributed by atoms with Crippen LogP contribution < -0.4 is 0 Å². The lowest BCUT2D eigenvalue weighted by Gasteiger charge is -2.34. The number of carbonyl (C=O) groups excluding carboxylic acids is 1. The Bertz CT molecular complexity index is 392. The van der Waals surface area contributed by atoms with Gasteiger partial charge in [-0.05, 0) is 26.2 Å². The third-order valence-corrected chi connectivity index (χ3v) is 3.89. The second-order valence-electron chi connectivity index (χ2n) is 5.44. The predicted molar refractivity (Wildman–Crippen MR) is 71.9 cm³/mol. The number of carboxylic acid groups (broad SMARTS) is 1. The monoisotopic (exact) mass is 266 g/mol. The van der Waals surface area contributed by atoms with Crippen LogP contribution in [0.1, 0.15) is 39.0 Å². The molecule has 1 fully saturated rings. The Labute approximate surface area is 113 Å². The van der Waals surface area contributed by atoms with Gasteiger partial charge in [-0.2, -0.15) is 0 Å². The van der Waals surface area contributed by atoms with Crippen LogP contribution in [-0.2, 0) is 4.79 Å². The maximum Gasteiger partial charge on any atom is 0.326 e. The summed E-state index contributed by atoms with van der Waals surface area (Å²) in [5, 5.41) is 9.31. The van der Waals surface area contributed by atoms with Crippen molar-refractivity contribution in [2.45, 2.75) is 45.1 Å². The molecular weight excluding hydrogens is 244 g/mol. The number of amides is 2. The van der Waals surface area contributed by atoms with Crippen LogP contribution in [0.3, 0.4) is 0 Å². The van der Waals surface area contributed by atoms with Crippen molar-refractivity contribution >= 4 is 12.0 Å². The Morgan fingerprint density at radius 2 is 2.05 bits per heavy atom. The third-order valence-electron chi connectivity index (χ3n) is 3.89. The molecule has 2 aliphatic rings. The molecule has 2 heterocycles. The van der Waals surface area contributed by atoms with Gasteiger partial charge in [0.25, 0.3) is 0 Å². The van der Waals surface area contributed by atoms with E-state index in [1.54, 1.807) is 9.80 Å². The maximum absolute atomic E-state index is 12.5.